The van der Waals surface area contributed by atoms with Crippen LogP contribution in [0.3, 0.4) is 0 Å². The van der Waals surface area contributed by atoms with E-state index < -0.39 is 24.9 Å². The molecular formula is C20H18N2O5. The van der Waals surface area contributed by atoms with Crippen molar-refractivity contribution >= 4 is 11.8 Å². The van der Waals surface area contributed by atoms with Gasteiger partial charge in [0.1, 0.15) is 6.54 Å². The number of carbonyl (C=O) groups is 2. The van der Waals surface area contributed by atoms with Crippen LogP contribution in [0.1, 0.15) is 21.5 Å². The van der Waals surface area contributed by atoms with Crippen molar-refractivity contribution in [3.8, 4) is 11.5 Å². The molecule has 0 fully saturated rings. The highest BCUT2D eigenvalue weighted by molar-refractivity contribution is 5.99. The molecule has 7 heteroatoms. The molecule has 27 heavy (non-hydrogen) atoms. The van der Waals surface area contributed by atoms with Crippen LogP contribution < -0.4 is 5.76 Å². The van der Waals surface area contributed by atoms with E-state index in [0.717, 1.165) is 15.8 Å². The Hall–Kier alpha value is -3.48. The van der Waals surface area contributed by atoms with E-state index in [4.69, 9.17) is 9.15 Å². The van der Waals surface area contributed by atoms with Gasteiger partial charge in [-0.2, -0.15) is 4.68 Å². The number of ketones is 1. The molecule has 1 aromatic heterocycles. The van der Waals surface area contributed by atoms with Crippen LogP contribution in [0.4, 0.5) is 0 Å². The highest BCUT2D eigenvalue weighted by atomic mass is 16.5. The van der Waals surface area contributed by atoms with Gasteiger partial charge >= 0.3 is 11.7 Å². The van der Waals surface area contributed by atoms with E-state index in [1.54, 1.807) is 30.3 Å². The molecule has 0 saturated heterocycles. The minimum Gasteiger partial charge on any atom is -0.456 e. The molecule has 2 aromatic carbocycles. The summed E-state index contributed by atoms with van der Waals surface area (Å²) in [7, 11) is 0. The second-order valence-electron chi connectivity index (χ2n) is 6.10. The Balaban J connectivity index is 1.62. The maximum Gasteiger partial charge on any atom is 0.437 e. The summed E-state index contributed by atoms with van der Waals surface area (Å²) in [5.74, 6) is -1.72. The van der Waals surface area contributed by atoms with E-state index in [0.29, 0.717) is 11.1 Å². The average molecular weight is 366 g/mol. The van der Waals surface area contributed by atoms with Crippen LogP contribution in [0.25, 0.3) is 11.5 Å². The fraction of sp³-hybridized carbons (Fsp3) is 0.200. The number of Topliss-reactive ketones (excluding diaryl/α,β-unsaturated/α-hetero) is 1. The molecule has 0 saturated carbocycles. The molecule has 7 nitrogen and oxygen atoms in total. The SMILES string of the molecule is Cc1ccc(C(=O)COC(=O)Cn2nc(-c3ccccc3)oc2=O)c(C)c1. The lowest BCUT2D eigenvalue weighted by atomic mass is 10.0. The van der Waals surface area contributed by atoms with E-state index in [9.17, 15) is 14.4 Å². The third-order valence-corrected chi connectivity index (χ3v) is 3.95. The Morgan fingerprint density at radius 2 is 1.85 bits per heavy atom. The zero-order valence-electron chi connectivity index (χ0n) is 15.0. The predicted molar refractivity (Wildman–Crippen MR) is 97.4 cm³/mol. The maximum atomic E-state index is 12.2. The van der Waals surface area contributed by atoms with E-state index in [-0.39, 0.29) is 11.7 Å². The molecule has 0 unspecified atom stereocenters. The van der Waals surface area contributed by atoms with Crippen molar-refractivity contribution in [1.29, 1.82) is 0 Å². The third-order valence-electron chi connectivity index (χ3n) is 3.95. The summed E-state index contributed by atoms with van der Waals surface area (Å²) in [5, 5.41) is 3.98. The van der Waals surface area contributed by atoms with Crippen LogP contribution in [-0.4, -0.2) is 28.1 Å². The van der Waals surface area contributed by atoms with Gasteiger partial charge in [-0.3, -0.25) is 9.59 Å². The lowest BCUT2D eigenvalue weighted by Crippen LogP contribution is -2.24. The highest BCUT2D eigenvalue weighted by Crippen LogP contribution is 2.14. The number of carbonyl (C=O) groups excluding carboxylic acids is 2. The van der Waals surface area contributed by atoms with Crippen molar-refractivity contribution in [2.75, 3.05) is 6.61 Å². The van der Waals surface area contributed by atoms with Gasteiger partial charge < -0.3 is 9.15 Å². The molecule has 0 aliphatic rings. The van der Waals surface area contributed by atoms with Crippen LogP contribution in [0.15, 0.2) is 57.7 Å². The fourth-order valence-corrected chi connectivity index (χ4v) is 2.62. The van der Waals surface area contributed by atoms with Gasteiger partial charge in [0.15, 0.2) is 6.61 Å². The van der Waals surface area contributed by atoms with Gasteiger partial charge in [-0.15, -0.1) is 5.10 Å². The summed E-state index contributed by atoms with van der Waals surface area (Å²) in [6, 6.07) is 14.3. The number of rotatable bonds is 6. The molecule has 0 radical (unpaired) electrons. The quantitative estimate of drug-likeness (QED) is 0.492. The van der Waals surface area contributed by atoms with E-state index in [1.807, 2.05) is 32.0 Å². The molecule has 0 bridgehead atoms. The minimum absolute atomic E-state index is 0.111. The van der Waals surface area contributed by atoms with Crippen molar-refractivity contribution in [1.82, 2.24) is 9.78 Å². The van der Waals surface area contributed by atoms with Gasteiger partial charge in [0, 0.05) is 11.1 Å². The van der Waals surface area contributed by atoms with Crippen molar-refractivity contribution in [2.24, 2.45) is 0 Å². The topological polar surface area (TPSA) is 91.4 Å². The minimum atomic E-state index is -0.772. The second-order valence-corrected chi connectivity index (χ2v) is 6.10. The monoisotopic (exact) mass is 366 g/mol. The summed E-state index contributed by atoms with van der Waals surface area (Å²) in [6.45, 7) is 2.92. The van der Waals surface area contributed by atoms with Gasteiger partial charge in [-0.1, -0.05) is 42.0 Å². The van der Waals surface area contributed by atoms with Crippen molar-refractivity contribution < 1.29 is 18.7 Å². The molecule has 0 aliphatic heterocycles. The van der Waals surface area contributed by atoms with Crippen molar-refractivity contribution in [2.45, 2.75) is 20.4 Å². The number of aryl methyl sites for hydroxylation is 2. The van der Waals surface area contributed by atoms with Crippen LogP contribution in [-0.2, 0) is 16.1 Å². The molecule has 0 amide bonds. The van der Waals surface area contributed by atoms with Crippen LogP contribution in [0, 0.1) is 13.8 Å². The molecule has 3 aromatic rings. The molecular weight excluding hydrogens is 348 g/mol. The molecule has 138 valence electrons. The normalized spacial score (nSPS) is 10.6. The Bertz CT molecular complexity index is 1030. The van der Waals surface area contributed by atoms with E-state index in [1.165, 1.54) is 0 Å². The van der Waals surface area contributed by atoms with Gasteiger partial charge in [-0.25, -0.2) is 4.79 Å². The zero-order valence-corrected chi connectivity index (χ0v) is 15.0. The summed E-state index contributed by atoms with van der Waals surface area (Å²) in [5.41, 5.74) is 2.97. The summed E-state index contributed by atoms with van der Waals surface area (Å²) in [4.78, 5) is 36.0. The zero-order chi connectivity index (χ0) is 19.4. The predicted octanol–water partition coefficient (Wildman–Crippen LogP) is 2.55. The van der Waals surface area contributed by atoms with E-state index >= 15 is 0 Å². The molecule has 1 heterocycles. The number of benzene rings is 2. The Labute approximate surface area is 155 Å². The molecule has 0 N–H and O–H groups in total. The van der Waals surface area contributed by atoms with Crippen molar-refractivity contribution in [3.63, 3.8) is 0 Å². The van der Waals surface area contributed by atoms with Crippen LogP contribution in [0.2, 0.25) is 0 Å². The van der Waals surface area contributed by atoms with E-state index in [2.05, 4.69) is 5.10 Å². The van der Waals surface area contributed by atoms with Crippen molar-refractivity contribution in [3.05, 3.63) is 75.8 Å². The summed E-state index contributed by atoms with van der Waals surface area (Å²) in [6.07, 6.45) is 0. The number of nitrogens with zero attached hydrogens (tertiary/aromatic N) is 2. The number of ether oxygens (including phenoxy) is 1. The Kier molecular flexibility index (Phi) is 5.30. The smallest absolute Gasteiger partial charge is 0.437 e. The summed E-state index contributed by atoms with van der Waals surface area (Å²) >= 11 is 0. The van der Waals surface area contributed by atoms with Gasteiger partial charge in [0.2, 0.25) is 11.7 Å². The van der Waals surface area contributed by atoms with Crippen LogP contribution >= 0.6 is 0 Å². The molecule has 0 spiro atoms. The lowest BCUT2D eigenvalue weighted by Gasteiger charge is -2.07. The lowest BCUT2D eigenvalue weighted by molar-refractivity contribution is -0.143. The fourth-order valence-electron chi connectivity index (χ4n) is 2.62. The molecule has 3 rings (SSSR count). The Morgan fingerprint density at radius 1 is 1.11 bits per heavy atom. The maximum absolute atomic E-state index is 12.2. The first-order valence-corrected chi connectivity index (χ1v) is 8.33. The first-order valence-electron chi connectivity index (χ1n) is 8.33. The van der Waals surface area contributed by atoms with Crippen LogP contribution in [0.5, 0.6) is 0 Å². The Morgan fingerprint density at radius 3 is 2.56 bits per heavy atom. The van der Waals surface area contributed by atoms with Gasteiger partial charge in [0.05, 0.1) is 0 Å². The number of hydrogen-bond donors (Lipinski definition) is 0. The first-order chi connectivity index (χ1) is 12.9. The van der Waals surface area contributed by atoms with Gasteiger partial charge in [0.25, 0.3) is 0 Å². The average Bonchev–Trinajstić information content (AvgIpc) is 3.01. The largest absolute Gasteiger partial charge is 0.456 e. The standard InChI is InChI=1S/C20H18N2O5/c1-13-8-9-16(14(2)10-13)17(23)12-26-18(24)11-22-20(25)27-19(21-22)15-6-4-3-5-7-15/h3-10H,11-12H2,1-2H3. The third kappa shape index (κ3) is 4.38. The number of hydrogen-bond acceptors (Lipinski definition) is 6. The van der Waals surface area contributed by atoms with Gasteiger partial charge in [-0.05, 0) is 31.5 Å². The number of esters is 1. The second kappa shape index (κ2) is 7.82. The first kappa shape index (κ1) is 18.3. The molecule has 0 aliphatic carbocycles. The summed E-state index contributed by atoms with van der Waals surface area (Å²) < 4.78 is 10.9. The highest BCUT2D eigenvalue weighted by Gasteiger charge is 2.16. The molecule has 0 atom stereocenters. The number of aromatic nitrogens is 2.